The molecule has 0 saturated heterocycles. The Labute approximate surface area is 94.1 Å². The maximum absolute atomic E-state index is 9.24. The Balaban J connectivity index is 2.32. The van der Waals surface area contributed by atoms with Gasteiger partial charge in [0.1, 0.15) is 0 Å². The molecule has 1 aliphatic carbocycles. The highest BCUT2D eigenvalue weighted by Gasteiger charge is 2.39. The van der Waals surface area contributed by atoms with Crippen LogP contribution in [0, 0.1) is 0 Å². The van der Waals surface area contributed by atoms with E-state index in [9.17, 15) is 5.11 Å². The average Bonchev–Trinajstić information content (AvgIpc) is 2.07. The molecule has 1 atom stereocenters. The summed E-state index contributed by atoms with van der Waals surface area (Å²) >= 11 is 0. The minimum Gasteiger partial charge on any atom is -0.393 e. The first-order valence-corrected chi connectivity index (χ1v) is 6.00. The minimum atomic E-state index is -0.177. The highest BCUT2D eigenvalue weighted by atomic mass is 16.3. The number of aliphatic hydroxyl groups excluding tert-OH is 1. The van der Waals surface area contributed by atoms with Crippen molar-refractivity contribution in [2.45, 2.75) is 44.2 Å². The van der Waals surface area contributed by atoms with Crippen molar-refractivity contribution in [3.63, 3.8) is 0 Å². The van der Waals surface area contributed by atoms with Crippen molar-refractivity contribution in [1.82, 2.24) is 9.80 Å². The van der Waals surface area contributed by atoms with Gasteiger partial charge < -0.3 is 14.9 Å². The van der Waals surface area contributed by atoms with Gasteiger partial charge in [-0.15, -0.1) is 0 Å². The van der Waals surface area contributed by atoms with E-state index in [2.05, 4.69) is 30.9 Å². The van der Waals surface area contributed by atoms with E-state index in [1.807, 2.05) is 6.92 Å². The molecular formula is C12H26N2O. The molecule has 0 spiro atoms. The van der Waals surface area contributed by atoms with Gasteiger partial charge in [-0.2, -0.15) is 0 Å². The predicted octanol–water partition coefficient (Wildman–Crippen LogP) is 1.17. The summed E-state index contributed by atoms with van der Waals surface area (Å²) in [6, 6.07) is 0. The second-order valence-corrected chi connectivity index (χ2v) is 5.35. The highest BCUT2D eigenvalue weighted by Crippen LogP contribution is 2.36. The Kier molecular flexibility index (Phi) is 4.56. The van der Waals surface area contributed by atoms with Crippen LogP contribution >= 0.6 is 0 Å². The third kappa shape index (κ3) is 3.44. The normalized spacial score (nSPS) is 21.8. The Morgan fingerprint density at radius 2 is 1.87 bits per heavy atom. The summed E-state index contributed by atoms with van der Waals surface area (Å²) in [6.07, 6.45) is 4.70. The molecule has 0 aliphatic heterocycles. The lowest BCUT2D eigenvalue weighted by Gasteiger charge is -2.49. The predicted molar refractivity (Wildman–Crippen MR) is 64.1 cm³/mol. The second-order valence-electron chi connectivity index (χ2n) is 5.35. The van der Waals surface area contributed by atoms with Crippen LogP contribution in [-0.4, -0.2) is 60.8 Å². The molecule has 1 aliphatic rings. The zero-order valence-corrected chi connectivity index (χ0v) is 10.7. The molecule has 0 radical (unpaired) electrons. The van der Waals surface area contributed by atoms with Gasteiger partial charge in [0.2, 0.25) is 0 Å². The summed E-state index contributed by atoms with van der Waals surface area (Å²) in [6.45, 7) is 3.98. The maximum atomic E-state index is 9.24. The number of nitrogens with zero attached hydrogens (tertiary/aromatic N) is 2. The highest BCUT2D eigenvalue weighted by molar-refractivity contribution is 4.97. The molecule has 1 unspecified atom stereocenters. The van der Waals surface area contributed by atoms with Crippen molar-refractivity contribution in [2.24, 2.45) is 0 Å². The second kappa shape index (κ2) is 5.28. The summed E-state index contributed by atoms with van der Waals surface area (Å²) in [5, 5.41) is 9.24. The number of likely N-dealkylation sites (N-methyl/N-ethyl adjacent to an activating group) is 2. The van der Waals surface area contributed by atoms with Gasteiger partial charge in [-0.25, -0.2) is 0 Å². The lowest BCUT2D eigenvalue weighted by atomic mass is 9.75. The SMILES string of the molecule is CC(O)CCN(C)CC1(N(C)C)CCC1. The first-order chi connectivity index (χ1) is 6.96. The molecule has 1 saturated carbocycles. The Hall–Kier alpha value is -0.120. The van der Waals surface area contributed by atoms with Gasteiger partial charge in [-0.3, -0.25) is 0 Å². The fourth-order valence-electron chi connectivity index (χ4n) is 2.32. The van der Waals surface area contributed by atoms with E-state index in [-0.39, 0.29) is 6.10 Å². The van der Waals surface area contributed by atoms with Gasteiger partial charge in [0.15, 0.2) is 0 Å². The molecule has 0 aromatic heterocycles. The summed E-state index contributed by atoms with van der Waals surface area (Å²) < 4.78 is 0. The molecule has 90 valence electrons. The maximum Gasteiger partial charge on any atom is 0.0524 e. The Morgan fingerprint density at radius 3 is 2.20 bits per heavy atom. The van der Waals surface area contributed by atoms with E-state index in [0.29, 0.717) is 5.54 Å². The molecule has 15 heavy (non-hydrogen) atoms. The van der Waals surface area contributed by atoms with Crippen LogP contribution in [-0.2, 0) is 0 Å². The average molecular weight is 214 g/mol. The molecular weight excluding hydrogens is 188 g/mol. The molecule has 3 heteroatoms. The van der Waals surface area contributed by atoms with Crippen LogP contribution in [0.5, 0.6) is 0 Å². The van der Waals surface area contributed by atoms with E-state index in [0.717, 1.165) is 19.5 Å². The Bertz CT molecular complexity index is 188. The van der Waals surface area contributed by atoms with Crippen molar-refractivity contribution >= 4 is 0 Å². The van der Waals surface area contributed by atoms with Crippen molar-refractivity contribution in [1.29, 1.82) is 0 Å². The molecule has 1 fully saturated rings. The third-order valence-electron chi connectivity index (χ3n) is 3.73. The molecule has 0 amide bonds. The number of hydrogen-bond acceptors (Lipinski definition) is 3. The van der Waals surface area contributed by atoms with Crippen LogP contribution in [0.2, 0.25) is 0 Å². The first-order valence-electron chi connectivity index (χ1n) is 6.00. The van der Waals surface area contributed by atoms with Crippen LogP contribution in [0.15, 0.2) is 0 Å². The summed E-state index contributed by atoms with van der Waals surface area (Å²) in [7, 11) is 6.52. The molecule has 0 heterocycles. The summed E-state index contributed by atoms with van der Waals surface area (Å²) in [4.78, 5) is 4.72. The smallest absolute Gasteiger partial charge is 0.0524 e. The molecule has 0 aromatic carbocycles. The van der Waals surface area contributed by atoms with Gasteiger partial charge in [-0.05, 0) is 53.8 Å². The van der Waals surface area contributed by atoms with Gasteiger partial charge in [0.05, 0.1) is 6.10 Å². The van der Waals surface area contributed by atoms with Crippen molar-refractivity contribution in [2.75, 3.05) is 34.2 Å². The third-order valence-corrected chi connectivity index (χ3v) is 3.73. The molecule has 1 rings (SSSR count). The van der Waals surface area contributed by atoms with Crippen molar-refractivity contribution in [3.8, 4) is 0 Å². The van der Waals surface area contributed by atoms with Crippen LogP contribution < -0.4 is 0 Å². The van der Waals surface area contributed by atoms with E-state index in [1.54, 1.807) is 0 Å². The fraction of sp³-hybridized carbons (Fsp3) is 1.00. The summed E-state index contributed by atoms with van der Waals surface area (Å²) in [5.41, 5.74) is 0.410. The van der Waals surface area contributed by atoms with E-state index in [1.165, 1.54) is 19.3 Å². The van der Waals surface area contributed by atoms with Crippen molar-refractivity contribution in [3.05, 3.63) is 0 Å². The van der Waals surface area contributed by atoms with Crippen LogP contribution in [0.1, 0.15) is 32.6 Å². The molecule has 0 bridgehead atoms. The van der Waals surface area contributed by atoms with Gasteiger partial charge >= 0.3 is 0 Å². The Morgan fingerprint density at radius 1 is 1.27 bits per heavy atom. The minimum absolute atomic E-state index is 0.177. The lowest BCUT2D eigenvalue weighted by Crippen LogP contribution is -2.56. The van der Waals surface area contributed by atoms with E-state index in [4.69, 9.17) is 0 Å². The van der Waals surface area contributed by atoms with Gasteiger partial charge in [-0.1, -0.05) is 0 Å². The number of hydrogen-bond donors (Lipinski definition) is 1. The number of rotatable bonds is 6. The number of aliphatic hydroxyl groups is 1. The molecule has 3 nitrogen and oxygen atoms in total. The molecule has 0 aromatic rings. The van der Waals surface area contributed by atoms with Crippen LogP contribution in [0.25, 0.3) is 0 Å². The van der Waals surface area contributed by atoms with Gasteiger partial charge in [0.25, 0.3) is 0 Å². The van der Waals surface area contributed by atoms with E-state index >= 15 is 0 Å². The first kappa shape index (κ1) is 12.9. The summed E-state index contributed by atoms with van der Waals surface area (Å²) in [5.74, 6) is 0. The van der Waals surface area contributed by atoms with Gasteiger partial charge in [0, 0.05) is 18.6 Å². The topological polar surface area (TPSA) is 26.7 Å². The monoisotopic (exact) mass is 214 g/mol. The van der Waals surface area contributed by atoms with Crippen molar-refractivity contribution < 1.29 is 5.11 Å². The van der Waals surface area contributed by atoms with Crippen LogP contribution in [0.3, 0.4) is 0 Å². The zero-order chi connectivity index (χ0) is 11.5. The van der Waals surface area contributed by atoms with Crippen LogP contribution in [0.4, 0.5) is 0 Å². The zero-order valence-electron chi connectivity index (χ0n) is 10.7. The lowest BCUT2D eigenvalue weighted by molar-refractivity contribution is 0.0246. The fourth-order valence-corrected chi connectivity index (χ4v) is 2.32. The quantitative estimate of drug-likeness (QED) is 0.719. The van der Waals surface area contributed by atoms with E-state index < -0.39 is 0 Å². The standard InChI is InChI=1S/C12H26N2O/c1-11(15)6-9-14(4)10-12(13(2)3)7-5-8-12/h11,15H,5-10H2,1-4H3. The molecule has 1 N–H and O–H groups in total. The largest absolute Gasteiger partial charge is 0.393 e.